The van der Waals surface area contributed by atoms with Crippen molar-refractivity contribution in [3.63, 3.8) is 0 Å². The van der Waals surface area contributed by atoms with Crippen molar-refractivity contribution >= 4 is 21.8 Å². The average Bonchev–Trinajstić information content (AvgIpc) is 3.39. The molecule has 2 aliphatic rings. The van der Waals surface area contributed by atoms with Crippen LogP contribution in [0.2, 0.25) is 0 Å². The summed E-state index contributed by atoms with van der Waals surface area (Å²) in [6.45, 7) is 7.39. The van der Waals surface area contributed by atoms with Crippen LogP contribution in [0.5, 0.6) is 5.75 Å². The van der Waals surface area contributed by atoms with E-state index in [1.807, 2.05) is 6.92 Å². The van der Waals surface area contributed by atoms with Gasteiger partial charge in [0.1, 0.15) is 5.75 Å². The van der Waals surface area contributed by atoms with Gasteiger partial charge in [-0.05, 0) is 93.6 Å². The fourth-order valence-corrected chi connectivity index (χ4v) is 7.52. The molecule has 0 radical (unpaired) electrons. The summed E-state index contributed by atoms with van der Waals surface area (Å²) >= 11 is 0. The van der Waals surface area contributed by atoms with Gasteiger partial charge in [0.25, 0.3) is 0 Å². The van der Waals surface area contributed by atoms with E-state index in [4.69, 9.17) is 4.74 Å². The molecule has 0 spiro atoms. The van der Waals surface area contributed by atoms with Crippen molar-refractivity contribution < 1.29 is 22.7 Å². The molecule has 1 saturated heterocycles. The lowest BCUT2D eigenvalue weighted by molar-refractivity contribution is -0.132. The predicted octanol–water partition coefficient (Wildman–Crippen LogP) is 2.66. The normalized spacial score (nSPS) is 20.5. The number of likely N-dealkylation sites (N-methyl/N-ethyl adjacent to an activating group) is 2. The van der Waals surface area contributed by atoms with E-state index in [0.717, 1.165) is 17.1 Å². The third-order valence-electron chi connectivity index (χ3n) is 7.98. The van der Waals surface area contributed by atoms with Crippen LogP contribution in [0.3, 0.4) is 0 Å². The molecule has 3 rings (SSSR count). The Balaban J connectivity index is 1.48. The number of methoxy groups -OCH3 is 1. The molecule has 9 nitrogen and oxygen atoms in total. The average molecular weight is 551 g/mol. The number of carbonyl (C=O) groups excluding carboxylic acids is 2. The van der Waals surface area contributed by atoms with E-state index >= 15 is 0 Å². The molecule has 214 valence electrons. The molecule has 1 saturated carbocycles. The maximum Gasteiger partial charge on any atom is 0.243 e. The van der Waals surface area contributed by atoms with Crippen LogP contribution >= 0.6 is 0 Å². The van der Waals surface area contributed by atoms with Gasteiger partial charge in [-0.25, -0.2) is 8.42 Å². The molecular formula is C28H46N4O5S. The van der Waals surface area contributed by atoms with Crippen LogP contribution in [0, 0.1) is 18.8 Å². The van der Waals surface area contributed by atoms with Gasteiger partial charge in [0, 0.05) is 27.2 Å². The number of hydrogen-bond donors (Lipinski definition) is 1. The molecular weight excluding hydrogens is 504 g/mol. The summed E-state index contributed by atoms with van der Waals surface area (Å²) < 4.78 is 32.9. The highest BCUT2D eigenvalue weighted by Gasteiger charge is 2.29. The van der Waals surface area contributed by atoms with E-state index in [-0.39, 0.29) is 23.9 Å². The van der Waals surface area contributed by atoms with E-state index < -0.39 is 15.9 Å². The van der Waals surface area contributed by atoms with E-state index in [9.17, 15) is 18.0 Å². The number of aryl methyl sites for hydroxylation is 2. The summed E-state index contributed by atoms with van der Waals surface area (Å²) in [5, 5.41) is 2.61. The molecule has 0 bridgehead atoms. The van der Waals surface area contributed by atoms with Crippen molar-refractivity contribution in [2.24, 2.45) is 11.8 Å². The van der Waals surface area contributed by atoms with Crippen LogP contribution in [-0.2, 0) is 26.0 Å². The van der Waals surface area contributed by atoms with Gasteiger partial charge in [-0.15, -0.1) is 0 Å². The van der Waals surface area contributed by atoms with Gasteiger partial charge in [0.15, 0.2) is 0 Å². The van der Waals surface area contributed by atoms with Crippen LogP contribution in [0.25, 0.3) is 0 Å². The van der Waals surface area contributed by atoms with Gasteiger partial charge in [-0.1, -0.05) is 13.3 Å². The van der Waals surface area contributed by atoms with Crippen LogP contribution in [0.1, 0.15) is 56.6 Å². The lowest BCUT2D eigenvalue weighted by Crippen LogP contribution is -2.44. The summed E-state index contributed by atoms with van der Waals surface area (Å²) in [5.74, 6) is 1.11. The SMILES string of the molecule is CCc1cc(OC)cc(C)c1S(=O)(=O)N(C)CC(=O)NCC(=O)N(C)CC1CCCC(CN2CCCC2)C1. The molecule has 2 unspecified atom stereocenters. The monoisotopic (exact) mass is 550 g/mol. The number of rotatable bonds is 12. The van der Waals surface area contributed by atoms with Crippen molar-refractivity contribution in [3.8, 4) is 5.75 Å². The van der Waals surface area contributed by atoms with Crippen molar-refractivity contribution in [1.82, 2.24) is 19.4 Å². The summed E-state index contributed by atoms with van der Waals surface area (Å²) in [4.78, 5) is 29.8. The van der Waals surface area contributed by atoms with E-state index in [1.165, 1.54) is 52.4 Å². The highest BCUT2D eigenvalue weighted by molar-refractivity contribution is 7.89. The molecule has 1 heterocycles. The summed E-state index contributed by atoms with van der Waals surface area (Å²) in [6.07, 6.45) is 7.88. The number of sulfonamides is 1. The lowest BCUT2D eigenvalue weighted by Gasteiger charge is -2.34. The fraction of sp³-hybridized carbons (Fsp3) is 0.714. The molecule has 2 atom stereocenters. The van der Waals surface area contributed by atoms with E-state index in [2.05, 4.69) is 10.2 Å². The Morgan fingerprint density at radius 1 is 1.11 bits per heavy atom. The maximum absolute atomic E-state index is 13.3. The smallest absolute Gasteiger partial charge is 0.243 e. The van der Waals surface area contributed by atoms with Crippen LogP contribution in [0.15, 0.2) is 17.0 Å². The predicted molar refractivity (Wildman–Crippen MR) is 149 cm³/mol. The van der Waals surface area contributed by atoms with Crippen molar-refractivity contribution in [2.75, 3.05) is 60.5 Å². The fourth-order valence-electron chi connectivity index (χ4n) is 5.92. The number of ether oxygens (including phenoxy) is 1. The van der Waals surface area contributed by atoms with Crippen LogP contribution in [-0.4, -0.2) is 94.8 Å². The number of amides is 2. The third kappa shape index (κ3) is 7.93. The number of likely N-dealkylation sites (tertiary alicyclic amines) is 1. The Bertz CT molecular complexity index is 1070. The number of carbonyl (C=O) groups is 2. The Hall–Kier alpha value is -2.17. The van der Waals surface area contributed by atoms with Gasteiger partial charge in [-0.2, -0.15) is 4.31 Å². The first kappa shape index (κ1) is 30.4. The number of nitrogens with zero attached hydrogens (tertiary/aromatic N) is 3. The second-order valence-corrected chi connectivity index (χ2v) is 13.0. The highest BCUT2D eigenvalue weighted by Crippen LogP contribution is 2.31. The topological polar surface area (TPSA) is 99.3 Å². The second-order valence-electron chi connectivity index (χ2n) is 11.0. The molecule has 0 aromatic heterocycles. The molecule has 1 aliphatic carbocycles. The van der Waals surface area contributed by atoms with Gasteiger partial charge in [0.05, 0.1) is 25.1 Å². The largest absolute Gasteiger partial charge is 0.497 e. The summed E-state index contributed by atoms with van der Waals surface area (Å²) in [6, 6.07) is 3.39. The Morgan fingerprint density at radius 3 is 2.45 bits per heavy atom. The van der Waals surface area contributed by atoms with Crippen molar-refractivity contribution in [3.05, 3.63) is 23.3 Å². The molecule has 10 heteroatoms. The van der Waals surface area contributed by atoms with Crippen molar-refractivity contribution in [2.45, 2.75) is 63.7 Å². The summed E-state index contributed by atoms with van der Waals surface area (Å²) in [5.41, 5.74) is 1.20. The third-order valence-corrected chi connectivity index (χ3v) is 10.0. The first-order chi connectivity index (χ1) is 18.0. The standard InChI is InChI=1S/C28H46N4O5S/c1-6-24-16-25(37-5)14-21(2)28(24)38(35,36)31(4)20-26(33)29-17-27(34)30(3)18-22-10-9-11-23(15-22)19-32-12-7-8-13-32/h14,16,22-23H,6-13,15,17-20H2,1-5H3,(H,29,33). The number of hydrogen-bond acceptors (Lipinski definition) is 6. The minimum absolute atomic E-state index is 0.144. The Kier molecular flexibility index (Phi) is 11.0. The minimum atomic E-state index is -3.90. The zero-order valence-electron chi connectivity index (χ0n) is 23.8. The molecule has 2 amide bonds. The van der Waals surface area contributed by atoms with Crippen molar-refractivity contribution in [1.29, 1.82) is 0 Å². The van der Waals surface area contributed by atoms with Gasteiger partial charge in [0.2, 0.25) is 21.8 Å². The van der Waals surface area contributed by atoms with Gasteiger partial charge in [-0.3, -0.25) is 9.59 Å². The Labute approximate surface area is 228 Å². The maximum atomic E-state index is 13.3. The van der Waals surface area contributed by atoms with Gasteiger partial charge >= 0.3 is 0 Å². The molecule has 1 aromatic rings. The second kappa shape index (κ2) is 13.8. The molecule has 1 aromatic carbocycles. The molecule has 1 aliphatic heterocycles. The van der Waals surface area contributed by atoms with Crippen LogP contribution in [0.4, 0.5) is 0 Å². The summed E-state index contributed by atoms with van der Waals surface area (Å²) in [7, 11) is 0.806. The molecule has 38 heavy (non-hydrogen) atoms. The lowest BCUT2D eigenvalue weighted by atomic mass is 9.81. The zero-order valence-corrected chi connectivity index (χ0v) is 24.6. The Morgan fingerprint density at radius 2 is 1.79 bits per heavy atom. The molecule has 1 N–H and O–H groups in total. The van der Waals surface area contributed by atoms with Crippen LogP contribution < -0.4 is 10.1 Å². The number of benzene rings is 1. The van der Waals surface area contributed by atoms with E-state index in [1.54, 1.807) is 38.1 Å². The van der Waals surface area contributed by atoms with E-state index in [0.29, 0.717) is 41.7 Å². The first-order valence-electron chi connectivity index (χ1n) is 13.9. The molecule has 2 fully saturated rings. The minimum Gasteiger partial charge on any atom is -0.497 e. The van der Waals surface area contributed by atoms with Gasteiger partial charge < -0.3 is 19.9 Å². The number of nitrogens with one attached hydrogen (secondary N) is 1. The quantitative estimate of drug-likeness (QED) is 0.430. The zero-order chi connectivity index (χ0) is 27.9. The highest BCUT2D eigenvalue weighted by atomic mass is 32.2. The first-order valence-corrected chi connectivity index (χ1v) is 15.4.